The monoisotopic (exact) mass is 329 g/mol. The molecule has 1 N–H and O–H groups in total. The van der Waals surface area contributed by atoms with Gasteiger partial charge in [-0.15, -0.1) is 0 Å². The summed E-state index contributed by atoms with van der Waals surface area (Å²) in [5.74, 6) is -0.139. The Kier molecular flexibility index (Phi) is 5.65. The molecule has 2 atom stereocenters. The molecular formula is C15H17Cl2NO3. The first kappa shape index (κ1) is 16.3. The zero-order valence-corrected chi connectivity index (χ0v) is 13.1. The van der Waals surface area contributed by atoms with Crippen molar-refractivity contribution in [1.82, 2.24) is 4.90 Å². The maximum atomic E-state index is 12.3. The second-order valence-electron chi connectivity index (χ2n) is 4.95. The summed E-state index contributed by atoms with van der Waals surface area (Å²) >= 11 is 12.0. The van der Waals surface area contributed by atoms with E-state index in [0.29, 0.717) is 28.8 Å². The molecule has 2 rings (SSSR count). The topological polar surface area (TPSA) is 49.8 Å². The number of carbonyl (C=O) groups excluding carboxylic acids is 1. The molecule has 1 fully saturated rings. The Morgan fingerprint density at radius 2 is 2.29 bits per heavy atom. The molecule has 0 bridgehead atoms. The molecule has 1 amide bonds. The Hall–Kier alpha value is -1.07. The summed E-state index contributed by atoms with van der Waals surface area (Å²) in [5, 5.41) is 10.0. The van der Waals surface area contributed by atoms with Crippen LogP contribution >= 0.6 is 23.2 Å². The van der Waals surface area contributed by atoms with Crippen molar-refractivity contribution in [1.29, 1.82) is 0 Å². The second-order valence-corrected chi connectivity index (χ2v) is 5.74. The van der Waals surface area contributed by atoms with E-state index < -0.39 is 0 Å². The van der Waals surface area contributed by atoms with Crippen LogP contribution in [0.4, 0.5) is 0 Å². The fourth-order valence-corrected chi connectivity index (χ4v) is 2.51. The number of amides is 1. The van der Waals surface area contributed by atoms with E-state index in [-0.39, 0.29) is 24.7 Å². The molecule has 1 aliphatic rings. The molecule has 21 heavy (non-hydrogen) atoms. The van der Waals surface area contributed by atoms with E-state index in [1.54, 1.807) is 29.2 Å². The molecule has 0 aromatic heterocycles. The van der Waals surface area contributed by atoms with Gasteiger partial charge in [0.25, 0.3) is 0 Å². The van der Waals surface area contributed by atoms with E-state index in [0.717, 1.165) is 0 Å². The largest absolute Gasteiger partial charge is 0.394 e. The number of nitrogens with zero attached hydrogens (tertiary/aromatic N) is 1. The highest BCUT2D eigenvalue weighted by molar-refractivity contribution is 6.42. The highest BCUT2D eigenvalue weighted by Gasteiger charge is 2.27. The van der Waals surface area contributed by atoms with E-state index in [1.807, 2.05) is 6.92 Å². The van der Waals surface area contributed by atoms with Crippen LogP contribution in [0.25, 0.3) is 6.08 Å². The molecule has 1 saturated heterocycles. The third-order valence-corrected chi connectivity index (χ3v) is 4.21. The zero-order chi connectivity index (χ0) is 15.4. The van der Waals surface area contributed by atoms with Crippen LogP contribution in [0.5, 0.6) is 0 Å². The molecular weight excluding hydrogens is 313 g/mol. The maximum Gasteiger partial charge on any atom is 0.246 e. The Morgan fingerprint density at radius 1 is 1.52 bits per heavy atom. The first-order valence-electron chi connectivity index (χ1n) is 6.68. The van der Waals surface area contributed by atoms with Crippen LogP contribution in [0, 0.1) is 0 Å². The molecule has 0 spiro atoms. The van der Waals surface area contributed by atoms with Crippen LogP contribution in [0.2, 0.25) is 10.0 Å². The summed E-state index contributed by atoms with van der Waals surface area (Å²) in [5.41, 5.74) is 0.692. The number of halogens is 2. The van der Waals surface area contributed by atoms with Crippen LogP contribution in [0.3, 0.4) is 0 Å². The van der Waals surface area contributed by atoms with E-state index >= 15 is 0 Å². The predicted octanol–water partition coefficient (Wildman–Crippen LogP) is 2.61. The molecule has 1 aliphatic heterocycles. The fourth-order valence-electron chi connectivity index (χ4n) is 2.14. The highest BCUT2D eigenvalue weighted by Crippen LogP contribution is 2.26. The van der Waals surface area contributed by atoms with Gasteiger partial charge in [0.2, 0.25) is 5.91 Å². The SMILES string of the molecule is CC1COC(CO)CN1C(=O)/C=C/c1cccc(Cl)c1Cl. The lowest BCUT2D eigenvalue weighted by atomic mass is 10.1. The summed E-state index contributed by atoms with van der Waals surface area (Å²) in [7, 11) is 0. The Morgan fingerprint density at radius 3 is 3.00 bits per heavy atom. The van der Waals surface area contributed by atoms with Gasteiger partial charge in [-0.1, -0.05) is 35.3 Å². The lowest BCUT2D eigenvalue weighted by Gasteiger charge is -2.36. The first-order valence-corrected chi connectivity index (χ1v) is 7.43. The van der Waals surface area contributed by atoms with Gasteiger partial charge in [-0.05, 0) is 24.6 Å². The van der Waals surface area contributed by atoms with E-state index in [1.165, 1.54) is 6.08 Å². The molecule has 114 valence electrons. The van der Waals surface area contributed by atoms with Crippen LogP contribution < -0.4 is 0 Å². The van der Waals surface area contributed by atoms with Crippen LogP contribution in [-0.2, 0) is 9.53 Å². The average Bonchev–Trinajstić information content (AvgIpc) is 2.49. The van der Waals surface area contributed by atoms with Gasteiger partial charge in [0.05, 0.1) is 35.4 Å². The van der Waals surface area contributed by atoms with E-state index in [4.69, 9.17) is 33.0 Å². The molecule has 0 aliphatic carbocycles. The number of ether oxygens (including phenoxy) is 1. The van der Waals surface area contributed by atoms with Crippen molar-refractivity contribution in [3.8, 4) is 0 Å². The molecule has 6 heteroatoms. The number of aliphatic hydroxyl groups is 1. The van der Waals surface area contributed by atoms with Gasteiger partial charge >= 0.3 is 0 Å². The molecule has 0 radical (unpaired) electrons. The van der Waals surface area contributed by atoms with Gasteiger partial charge in [0, 0.05) is 12.6 Å². The van der Waals surface area contributed by atoms with Gasteiger partial charge in [0.15, 0.2) is 0 Å². The number of hydrogen-bond acceptors (Lipinski definition) is 3. The summed E-state index contributed by atoms with van der Waals surface area (Å²) in [6, 6.07) is 5.23. The van der Waals surface area contributed by atoms with Crippen molar-refractivity contribution in [2.24, 2.45) is 0 Å². The van der Waals surface area contributed by atoms with Gasteiger partial charge in [-0.3, -0.25) is 4.79 Å². The van der Waals surface area contributed by atoms with E-state index in [2.05, 4.69) is 0 Å². The van der Waals surface area contributed by atoms with Crippen molar-refractivity contribution in [2.75, 3.05) is 19.8 Å². The number of morpholine rings is 1. The molecule has 1 heterocycles. The predicted molar refractivity (Wildman–Crippen MR) is 83.5 cm³/mol. The average molecular weight is 330 g/mol. The van der Waals surface area contributed by atoms with Crippen molar-refractivity contribution in [3.63, 3.8) is 0 Å². The molecule has 2 unspecified atom stereocenters. The third kappa shape index (κ3) is 3.98. The van der Waals surface area contributed by atoms with E-state index in [9.17, 15) is 4.79 Å². The van der Waals surface area contributed by atoms with Crippen molar-refractivity contribution in [3.05, 3.63) is 39.9 Å². The Labute approximate surface area is 133 Å². The minimum atomic E-state index is -0.326. The quantitative estimate of drug-likeness (QED) is 0.867. The summed E-state index contributed by atoms with van der Waals surface area (Å²) < 4.78 is 5.41. The number of carbonyl (C=O) groups is 1. The second kappa shape index (κ2) is 7.27. The number of hydrogen-bond donors (Lipinski definition) is 1. The highest BCUT2D eigenvalue weighted by atomic mass is 35.5. The van der Waals surface area contributed by atoms with Gasteiger partial charge in [0.1, 0.15) is 0 Å². The smallest absolute Gasteiger partial charge is 0.246 e. The summed E-state index contributed by atoms with van der Waals surface area (Å²) in [6.07, 6.45) is 2.79. The lowest BCUT2D eigenvalue weighted by Crippen LogP contribution is -2.51. The fraction of sp³-hybridized carbons (Fsp3) is 0.400. The first-order chi connectivity index (χ1) is 10.0. The van der Waals surface area contributed by atoms with Crippen LogP contribution in [-0.4, -0.2) is 47.8 Å². The molecule has 4 nitrogen and oxygen atoms in total. The van der Waals surface area contributed by atoms with Crippen LogP contribution in [0.15, 0.2) is 24.3 Å². The van der Waals surface area contributed by atoms with Crippen molar-refractivity contribution in [2.45, 2.75) is 19.1 Å². The third-order valence-electron chi connectivity index (χ3n) is 3.38. The summed E-state index contributed by atoms with van der Waals surface area (Å²) in [6.45, 7) is 2.61. The Bertz CT molecular complexity index is 548. The lowest BCUT2D eigenvalue weighted by molar-refractivity contribution is -0.140. The molecule has 0 saturated carbocycles. The van der Waals surface area contributed by atoms with Gasteiger partial charge < -0.3 is 14.7 Å². The molecule has 1 aromatic carbocycles. The van der Waals surface area contributed by atoms with Gasteiger partial charge in [-0.25, -0.2) is 0 Å². The standard InChI is InChI=1S/C15H17Cl2NO3/c1-10-9-21-12(8-19)7-18(10)14(20)6-5-11-3-2-4-13(16)15(11)17/h2-6,10,12,19H,7-9H2,1H3/b6-5+. The van der Waals surface area contributed by atoms with Crippen molar-refractivity contribution >= 4 is 35.2 Å². The normalized spacial score (nSPS) is 22.8. The van der Waals surface area contributed by atoms with Crippen LogP contribution in [0.1, 0.15) is 12.5 Å². The minimum absolute atomic E-state index is 0.0280. The van der Waals surface area contributed by atoms with Gasteiger partial charge in [-0.2, -0.15) is 0 Å². The number of benzene rings is 1. The number of aliphatic hydroxyl groups excluding tert-OH is 1. The summed E-state index contributed by atoms with van der Waals surface area (Å²) in [4.78, 5) is 13.9. The maximum absolute atomic E-state index is 12.3. The zero-order valence-electron chi connectivity index (χ0n) is 11.6. The Balaban J connectivity index is 2.09. The molecule has 1 aromatic rings. The van der Waals surface area contributed by atoms with Crippen molar-refractivity contribution < 1.29 is 14.6 Å². The number of rotatable bonds is 3. The minimum Gasteiger partial charge on any atom is -0.394 e.